The van der Waals surface area contributed by atoms with Crippen LogP contribution >= 0.6 is 27.3 Å². The summed E-state index contributed by atoms with van der Waals surface area (Å²) in [6.45, 7) is 0. The van der Waals surface area contributed by atoms with Crippen LogP contribution in [0.1, 0.15) is 0 Å². The molecule has 1 aromatic carbocycles. The van der Waals surface area contributed by atoms with Crippen molar-refractivity contribution in [1.29, 1.82) is 0 Å². The second kappa shape index (κ2) is 4.16. The van der Waals surface area contributed by atoms with Gasteiger partial charge in [0.15, 0.2) is 5.75 Å². The minimum atomic E-state index is 0.680. The highest BCUT2D eigenvalue weighted by Gasteiger charge is 2.15. The molecule has 17 heavy (non-hydrogen) atoms. The molecule has 0 saturated heterocycles. The minimum Gasteiger partial charge on any atom is -0.493 e. The van der Waals surface area contributed by atoms with Gasteiger partial charge in [0.1, 0.15) is 5.69 Å². The topological polar surface area (TPSA) is 35.3 Å². The number of fused-ring (bicyclic) bond motifs is 1. The van der Waals surface area contributed by atoms with E-state index in [4.69, 9.17) is 9.26 Å². The smallest absolute Gasteiger partial charge is 0.209 e. The lowest BCUT2D eigenvalue weighted by Gasteiger charge is -2.00. The fraction of sp³-hybridized carbons (Fsp3) is 0.0833. The Morgan fingerprint density at radius 1 is 1.41 bits per heavy atom. The molecule has 0 N–H and O–H groups in total. The Kier molecular flexibility index (Phi) is 2.64. The average Bonchev–Trinajstić information content (AvgIpc) is 2.94. The van der Waals surface area contributed by atoms with Crippen molar-refractivity contribution in [1.82, 2.24) is 5.16 Å². The molecule has 86 valence electrons. The fourth-order valence-electron chi connectivity index (χ4n) is 1.72. The van der Waals surface area contributed by atoms with E-state index < -0.39 is 0 Å². The van der Waals surface area contributed by atoms with Gasteiger partial charge >= 0.3 is 0 Å². The van der Waals surface area contributed by atoms with Gasteiger partial charge in [-0.05, 0) is 23.6 Å². The van der Waals surface area contributed by atoms with E-state index in [1.165, 1.54) is 0 Å². The number of hydrogen-bond donors (Lipinski definition) is 0. The van der Waals surface area contributed by atoms with E-state index in [1.54, 1.807) is 18.4 Å². The van der Waals surface area contributed by atoms with Crippen molar-refractivity contribution in [3.05, 3.63) is 34.1 Å². The first kappa shape index (κ1) is 10.8. The van der Waals surface area contributed by atoms with E-state index in [1.807, 2.05) is 29.6 Å². The first-order chi connectivity index (χ1) is 8.29. The molecule has 0 amide bonds. The van der Waals surface area contributed by atoms with Crippen molar-refractivity contribution in [2.45, 2.75) is 0 Å². The van der Waals surface area contributed by atoms with Crippen molar-refractivity contribution in [3.8, 4) is 16.3 Å². The molecule has 0 unspecified atom stereocenters. The van der Waals surface area contributed by atoms with E-state index in [0.29, 0.717) is 11.3 Å². The minimum absolute atomic E-state index is 0.680. The summed E-state index contributed by atoms with van der Waals surface area (Å²) in [7, 11) is 1.62. The van der Waals surface area contributed by atoms with Crippen molar-refractivity contribution >= 4 is 38.2 Å². The molecule has 0 aliphatic carbocycles. The van der Waals surface area contributed by atoms with Crippen LogP contribution in [0.2, 0.25) is 0 Å². The number of rotatable bonds is 2. The molecule has 0 bridgehead atoms. The van der Waals surface area contributed by atoms with Gasteiger partial charge < -0.3 is 9.26 Å². The van der Waals surface area contributed by atoms with Crippen LogP contribution < -0.4 is 4.74 Å². The van der Waals surface area contributed by atoms with E-state index in [-0.39, 0.29) is 0 Å². The zero-order chi connectivity index (χ0) is 11.8. The van der Waals surface area contributed by atoms with Crippen LogP contribution in [0.25, 0.3) is 21.5 Å². The van der Waals surface area contributed by atoms with Gasteiger partial charge in [0.05, 0.1) is 17.4 Å². The van der Waals surface area contributed by atoms with E-state index >= 15 is 0 Å². The van der Waals surface area contributed by atoms with Gasteiger partial charge in [0.2, 0.25) is 5.58 Å². The Hall–Kier alpha value is -1.33. The Labute approximate surface area is 110 Å². The van der Waals surface area contributed by atoms with Gasteiger partial charge in [-0.25, -0.2) is 0 Å². The molecule has 3 aromatic rings. The van der Waals surface area contributed by atoms with Crippen molar-refractivity contribution in [3.63, 3.8) is 0 Å². The Morgan fingerprint density at radius 2 is 2.29 bits per heavy atom. The molecule has 0 aliphatic heterocycles. The number of methoxy groups -OCH3 is 1. The van der Waals surface area contributed by atoms with Gasteiger partial charge in [0, 0.05) is 4.47 Å². The van der Waals surface area contributed by atoms with E-state index in [9.17, 15) is 0 Å². The third kappa shape index (κ3) is 1.75. The summed E-state index contributed by atoms with van der Waals surface area (Å²) in [5.41, 5.74) is 1.54. The zero-order valence-corrected chi connectivity index (χ0v) is 11.3. The summed E-state index contributed by atoms with van der Waals surface area (Å²) in [4.78, 5) is 1.09. The Morgan fingerprint density at radius 3 is 3.00 bits per heavy atom. The number of thiophene rings is 1. The quantitative estimate of drug-likeness (QED) is 0.707. The molecule has 0 radical (unpaired) electrons. The molecule has 0 aliphatic rings. The predicted molar refractivity (Wildman–Crippen MR) is 71.6 cm³/mol. The monoisotopic (exact) mass is 309 g/mol. The zero-order valence-electron chi connectivity index (χ0n) is 8.94. The lowest BCUT2D eigenvalue weighted by molar-refractivity contribution is 0.393. The molecule has 0 saturated carbocycles. The molecule has 5 heteroatoms. The lowest BCUT2D eigenvalue weighted by Crippen LogP contribution is -1.83. The number of hydrogen-bond acceptors (Lipinski definition) is 4. The normalized spacial score (nSPS) is 10.9. The summed E-state index contributed by atoms with van der Waals surface area (Å²) in [5, 5.41) is 7.10. The van der Waals surface area contributed by atoms with Gasteiger partial charge in [0.25, 0.3) is 0 Å². The maximum absolute atomic E-state index is 5.36. The number of aromatic nitrogens is 1. The molecule has 3 rings (SSSR count). The lowest BCUT2D eigenvalue weighted by atomic mass is 10.2. The van der Waals surface area contributed by atoms with E-state index in [0.717, 1.165) is 20.4 Å². The summed E-state index contributed by atoms with van der Waals surface area (Å²) < 4.78 is 11.6. The number of benzene rings is 1. The van der Waals surface area contributed by atoms with Gasteiger partial charge in [-0.3, -0.25) is 0 Å². The summed E-state index contributed by atoms with van der Waals surface area (Å²) in [5.74, 6) is 0.685. The van der Waals surface area contributed by atoms with Crippen molar-refractivity contribution in [2.24, 2.45) is 0 Å². The summed E-state index contributed by atoms with van der Waals surface area (Å²) >= 11 is 5.10. The van der Waals surface area contributed by atoms with Crippen molar-refractivity contribution < 1.29 is 9.26 Å². The molecule has 2 heterocycles. The van der Waals surface area contributed by atoms with Crippen LogP contribution in [0.3, 0.4) is 0 Å². The standard InChI is InChI=1S/C12H8BrNO2S/c1-15-9-6-7(13)5-8-11(14-16-12(8)9)10-3-2-4-17-10/h2-6H,1H3. The maximum atomic E-state index is 5.36. The Bertz CT molecular complexity index is 661. The number of ether oxygens (including phenoxy) is 1. The summed E-state index contributed by atoms with van der Waals surface area (Å²) in [6, 6.07) is 7.88. The SMILES string of the molecule is COc1cc(Br)cc2c(-c3cccs3)noc12. The molecule has 2 aromatic heterocycles. The fourth-order valence-corrected chi connectivity index (χ4v) is 2.88. The highest BCUT2D eigenvalue weighted by Crippen LogP contribution is 2.37. The second-order valence-electron chi connectivity index (χ2n) is 3.49. The van der Waals surface area contributed by atoms with Crippen LogP contribution in [0.4, 0.5) is 0 Å². The maximum Gasteiger partial charge on any atom is 0.209 e. The molecule has 0 spiro atoms. The van der Waals surface area contributed by atoms with Crippen LogP contribution in [-0.2, 0) is 0 Å². The van der Waals surface area contributed by atoms with Crippen LogP contribution in [0.5, 0.6) is 5.75 Å². The van der Waals surface area contributed by atoms with Crippen molar-refractivity contribution in [2.75, 3.05) is 7.11 Å². The average molecular weight is 310 g/mol. The predicted octanol–water partition coefficient (Wildman–Crippen LogP) is 4.33. The van der Waals surface area contributed by atoms with Gasteiger partial charge in [-0.15, -0.1) is 11.3 Å². The molecular formula is C12H8BrNO2S. The van der Waals surface area contributed by atoms with Crippen LogP contribution in [0, 0.1) is 0 Å². The number of halogens is 1. The highest BCUT2D eigenvalue weighted by atomic mass is 79.9. The summed E-state index contributed by atoms with van der Waals surface area (Å²) in [6.07, 6.45) is 0. The molecule has 3 nitrogen and oxygen atoms in total. The van der Waals surface area contributed by atoms with Gasteiger partial charge in [-0.2, -0.15) is 0 Å². The second-order valence-corrected chi connectivity index (χ2v) is 5.36. The third-order valence-corrected chi connectivity index (χ3v) is 3.81. The van der Waals surface area contributed by atoms with Crippen LogP contribution in [0.15, 0.2) is 38.6 Å². The number of nitrogens with zero attached hydrogens (tertiary/aromatic N) is 1. The largest absolute Gasteiger partial charge is 0.493 e. The van der Waals surface area contributed by atoms with Gasteiger partial charge in [-0.1, -0.05) is 27.2 Å². The first-order valence-electron chi connectivity index (χ1n) is 4.96. The molecule has 0 fully saturated rings. The highest BCUT2D eigenvalue weighted by molar-refractivity contribution is 9.10. The molecule has 0 atom stereocenters. The van der Waals surface area contributed by atoms with Crippen LogP contribution in [-0.4, -0.2) is 12.3 Å². The Balaban J connectivity index is 2.32. The van der Waals surface area contributed by atoms with E-state index in [2.05, 4.69) is 21.1 Å². The molecular weight excluding hydrogens is 302 g/mol. The third-order valence-electron chi connectivity index (χ3n) is 2.48. The first-order valence-corrected chi connectivity index (χ1v) is 6.63.